The summed E-state index contributed by atoms with van der Waals surface area (Å²) in [6.07, 6.45) is 1.73. The lowest BCUT2D eigenvalue weighted by molar-refractivity contribution is 0.101. The SMILES string of the molecule is COc1cccc(/C=C2\Oc3c(ccc(OCc4ccc(Br)cc4)c3C)C2=O)c1. The molecule has 1 aliphatic heterocycles. The van der Waals surface area contributed by atoms with Crippen LogP contribution in [0.25, 0.3) is 6.08 Å². The molecule has 4 rings (SSSR count). The van der Waals surface area contributed by atoms with Crippen LogP contribution >= 0.6 is 15.9 Å². The second-order valence-corrected chi connectivity index (χ2v) is 7.61. The number of allylic oxidation sites excluding steroid dienone is 1. The van der Waals surface area contributed by atoms with Crippen LogP contribution in [0.2, 0.25) is 0 Å². The van der Waals surface area contributed by atoms with Crippen molar-refractivity contribution in [1.82, 2.24) is 0 Å². The molecule has 0 radical (unpaired) electrons. The van der Waals surface area contributed by atoms with Crippen LogP contribution in [0.1, 0.15) is 27.0 Å². The van der Waals surface area contributed by atoms with Gasteiger partial charge in [-0.25, -0.2) is 0 Å². The summed E-state index contributed by atoms with van der Waals surface area (Å²) < 4.78 is 18.1. The molecule has 29 heavy (non-hydrogen) atoms. The average Bonchev–Trinajstić information content (AvgIpc) is 3.05. The largest absolute Gasteiger partial charge is 0.497 e. The maximum absolute atomic E-state index is 12.8. The number of carbonyl (C=O) groups is 1. The Morgan fingerprint density at radius 1 is 1.07 bits per heavy atom. The summed E-state index contributed by atoms with van der Waals surface area (Å²) >= 11 is 3.43. The summed E-state index contributed by atoms with van der Waals surface area (Å²) in [5.41, 5.74) is 3.25. The molecule has 0 spiro atoms. The molecule has 4 nitrogen and oxygen atoms in total. The smallest absolute Gasteiger partial charge is 0.231 e. The van der Waals surface area contributed by atoms with Crippen molar-refractivity contribution in [2.24, 2.45) is 0 Å². The van der Waals surface area contributed by atoms with Gasteiger partial charge in [0.05, 0.1) is 12.7 Å². The minimum atomic E-state index is -0.134. The van der Waals surface area contributed by atoms with Gasteiger partial charge in [-0.1, -0.05) is 40.2 Å². The van der Waals surface area contributed by atoms with E-state index in [1.54, 1.807) is 19.3 Å². The van der Waals surface area contributed by atoms with Crippen LogP contribution in [0.15, 0.2) is 70.9 Å². The molecule has 0 aromatic heterocycles. The van der Waals surface area contributed by atoms with E-state index < -0.39 is 0 Å². The Labute approximate surface area is 177 Å². The molecule has 1 heterocycles. The Morgan fingerprint density at radius 3 is 2.62 bits per heavy atom. The van der Waals surface area contributed by atoms with E-state index >= 15 is 0 Å². The Balaban J connectivity index is 1.56. The molecule has 0 saturated carbocycles. The number of benzene rings is 3. The van der Waals surface area contributed by atoms with Crippen molar-refractivity contribution in [1.29, 1.82) is 0 Å². The molecule has 1 aliphatic rings. The number of fused-ring (bicyclic) bond motifs is 1. The maximum atomic E-state index is 12.8. The van der Waals surface area contributed by atoms with Gasteiger partial charge < -0.3 is 14.2 Å². The van der Waals surface area contributed by atoms with Crippen molar-refractivity contribution in [3.05, 3.63) is 93.1 Å². The third-order valence-corrected chi connectivity index (χ3v) is 5.26. The molecule has 0 unspecified atom stereocenters. The zero-order valence-corrected chi connectivity index (χ0v) is 17.7. The normalized spacial score (nSPS) is 13.9. The predicted molar refractivity (Wildman–Crippen MR) is 116 cm³/mol. The average molecular weight is 451 g/mol. The van der Waals surface area contributed by atoms with Gasteiger partial charge in [-0.2, -0.15) is 0 Å². The number of Topliss-reactive ketones (excluding diaryl/α,β-unsaturated/α-hetero) is 1. The van der Waals surface area contributed by atoms with E-state index in [0.29, 0.717) is 29.4 Å². The van der Waals surface area contributed by atoms with Crippen molar-refractivity contribution in [2.75, 3.05) is 7.11 Å². The molecular formula is C24H19BrO4. The van der Waals surface area contributed by atoms with E-state index in [1.807, 2.05) is 61.5 Å². The monoisotopic (exact) mass is 450 g/mol. The molecule has 0 bridgehead atoms. The van der Waals surface area contributed by atoms with Gasteiger partial charge in [0.25, 0.3) is 0 Å². The van der Waals surface area contributed by atoms with Crippen molar-refractivity contribution in [3.8, 4) is 17.2 Å². The number of hydrogen-bond acceptors (Lipinski definition) is 4. The molecule has 0 saturated heterocycles. The fraction of sp³-hybridized carbons (Fsp3) is 0.125. The molecule has 3 aromatic rings. The first-order valence-corrected chi connectivity index (χ1v) is 9.93. The highest BCUT2D eigenvalue weighted by molar-refractivity contribution is 9.10. The lowest BCUT2D eigenvalue weighted by atomic mass is 10.1. The van der Waals surface area contributed by atoms with Gasteiger partial charge in [-0.05, 0) is 60.5 Å². The van der Waals surface area contributed by atoms with Gasteiger partial charge in [0, 0.05) is 10.0 Å². The van der Waals surface area contributed by atoms with Gasteiger partial charge in [0.2, 0.25) is 5.78 Å². The highest BCUT2D eigenvalue weighted by atomic mass is 79.9. The van der Waals surface area contributed by atoms with E-state index in [9.17, 15) is 4.79 Å². The molecule has 5 heteroatoms. The molecular weight excluding hydrogens is 432 g/mol. The number of ether oxygens (including phenoxy) is 3. The van der Waals surface area contributed by atoms with Gasteiger partial charge >= 0.3 is 0 Å². The second-order valence-electron chi connectivity index (χ2n) is 6.70. The Kier molecular flexibility index (Phi) is 5.41. The summed E-state index contributed by atoms with van der Waals surface area (Å²) in [6.45, 7) is 2.34. The number of hydrogen-bond donors (Lipinski definition) is 0. The summed E-state index contributed by atoms with van der Waals surface area (Å²) in [7, 11) is 1.61. The first-order valence-electron chi connectivity index (χ1n) is 9.14. The molecule has 0 aliphatic carbocycles. The van der Waals surface area contributed by atoms with Crippen LogP contribution in [-0.2, 0) is 6.61 Å². The van der Waals surface area contributed by atoms with Crippen LogP contribution in [0.5, 0.6) is 17.2 Å². The van der Waals surface area contributed by atoms with Crippen LogP contribution in [0.3, 0.4) is 0 Å². The Morgan fingerprint density at radius 2 is 1.86 bits per heavy atom. The molecule has 0 N–H and O–H groups in total. The van der Waals surface area contributed by atoms with Crippen molar-refractivity contribution in [2.45, 2.75) is 13.5 Å². The molecule has 146 valence electrons. The minimum absolute atomic E-state index is 0.134. The third kappa shape index (κ3) is 4.05. The standard InChI is InChI=1S/C24H19BrO4/c1-15-21(28-14-16-6-8-18(25)9-7-16)11-10-20-23(26)22(29-24(15)20)13-17-4-3-5-19(12-17)27-2/h3-13H,14H2,1-2H3/b22-13-. The fourth-order valence-electron chi connectivity index (χ4n) is 3.15. The number of methoxy groups -OCH3 is 1. The third-order valence-electron chi connectivity index (χ3n) is 4.74. The lowest BCUT2D eigenvalue weighted by Gasteiger charge is -2.11. The highest BCUT2D eigenvalue weighted by Gasteiger charge is 2.30. The van der Waals surface area contributed by atoms with Gasteiger partial charge in [-0.3, -0.25) is 4.79 Å². The number of halogens is 1. The van der Waals surface area contributed by atoms with Crippen molar-refractivity contribution < 1.29 is 19.0 Å². The van der Waals surface area contributed by atoms with Crippen LogP contribution in [-0.4, -0.2) is 12.9 Å². The molecule has 0 amide bonds. The fourth-order valence-corrected chi connectivity index (χ4v) is 3.41. The minimum Gasteiger partial charge on any atom is -0.497 e. The summed E-state index contributed by atoms with van der Waals surface area (Å²) in [4.78, 5) is 12.8. The topological polar surface area (TPSA) is 44.8 Å². The quantitative estimate of drug-likeness (QED) is 0.449. The second kappa shape index (κ2) is 8.13. The molecule has 3 aromatic carbocycles. The van der Waals surface area contributed by atoms with Crippen molar-refractivity contribution >= 4 is 27.8 Å². The van der Waals surface area contributed by atoms with E-state index in [4.69, 9.17) is 14.2 Å². The predicted octanol–water partition coefficient (Wildman–Crippen LogP) is 5.96. The Hall–Kier alpha value is -3.05. The van der Waals surface area contributed by atoms with E-state index in [2.05, 4.69) is 15.9 Å². The van der Waals surface area contributed by atoms with Gasteiger partial charge in [0.1, 0.15) is 23.9 Å². The Bertz CT molecular complexity index is 1100. The molecule has 0 fully saturated rings. The first-order chi connectivity index (χ1) is 14.0. The number of rotatable bonds is 5. The first kappa shape index (κ1) is 19.3. The maximum Gasteiger partial charge on any atom is 0.231 e. The van der Waals surface area contributed by atoms with Crippen molar-refractivity contribution in [3.63, 3.8) is 0 Å². The number of carbonyl (C=O) groups excluding carboxylic acids is 1. The highest BCUT2D eigenvalue weighted by Crippen LogP contribution is 2.39. The van der Waals surface area contributed by atoms with Crippen LogP contribution in [0, 0.1) is 6.92 Å². The zero-order valence-electron chi connectivity index (χ0n) is 16.1. The van der Waals surface area contributed by atoms with E-state index in [-0.39, 0.29) is 5.78 Å². The lowest BCUT2D eigenvalue weighted by Crippen LogP contribution is -1.98. The molecule has 0 atom stereocenters. The van der Waals surface area contributed by atoms with Gasteiger partial charge in [0.15, 0.2) is 5.76 Å². The summed E-state index contributed by atoms with van der Waals surface area (Å²) in [6, 6.07) is 19.0. The number of ketones is 1. The summed E-state index contributed by atoms with van der Waals surface area (Å²) in [5, 5.41) is 0. The van der Waals surface area contributed by atoms with E-state index in [1.165, 1.54) is 0 Å². The van der Waals surface area contributed by atoms with Gasteiger partial charge in [-0.15, -0.1) is 0 Å². The van der Waals surface area contributed by atoms with E-state index in [0.717, 1.165) is 26.9 Å². The van der Waals surface area contributed by atoms with Crippen LogP contribution < -0.4 is 14.2 Å². The zero-order chi connectivity index (χ0) is 20.4. The van der Waals surface area contributed by atoms with Crippen LogP contribution in [0.4, 0.5) is 0 Å². The summed E-state index contributed by atoms with van der Waals surface area (Å²) in [5.74, 6) is 2.13.